The highest BCUT2D eigenvalue weighted by Gasteiger charge is 2.30. The molecular formula is C33H41N3O5S. The third-order valence-corrected chi connectivity index (χ3v) is 8.73. The van der Waals surface area contributed by atoms with Crippen molar-refractivity contribution in [1.82, 2.24) is 14.9 Å². The third-order valence-electron chi connectivity index (χ3n) is 7.20. The van der Waals surface area contributed by atoms with Crippen molar-refractivity contribution in [1.29, 1.82) is 0 Å². The summed E-state index contributed by atoms with van der Waals surface area (Å²) in [5, 5.41) is 3.02. The second-order valence-electron chi connectivity index (χ2n) is 10.6. The molecule has 1 aliphatic rings. The summed E-state index contributed by atoms with van der Waals surface area (Å²) < 4.78 is 33.1. The SMILES string of the molecule is CCOCCCNC(=O)[C@H](Cc1ccccc1)N(Cc1ccccc1)C(=O)CCc1ccc(S(=O)(=O)NC2CC2)cc1. The fraction of sp³-hybridized carbons (Fsp3) is 0.394. The van der Waals surface area contributed by atoms with Crippen LogP contribution < -0.4 is 10.0 Å². The topological polar surface area (TPSA) is 105 Å². The van der Waals surface area contributed by atoms with E-state index in [0.717, 1.165) is 29.5 Å². The number of rotatable bonds is 17. The lowest BCUT2D eigenvalue weighted by molar-refractivity contribution is -0.141. The van der Waals surface area contributed by atoms with Gasteiger partial charge in [0, 0.05) is 45.2 Å². The van der Waals surface area contributed by atoms with Crippen LogP contribution in [-0.2, 0) is 43.7 Å². The number of hydrogen-bond acceptors (Lipinski definition) is 5. The van der Waals surface area contributed by atoms with E-state index in [9.17, 15) is 18.0 Å². The molecule has 0 unspecified atom stereocenters. The normalized spacial score (nSPS) is 13.8. The Morgan fingerprint density at radius 1 is 0.905 bits per heavy atom. The number of nitrogens with zero attached hydrogens (tertiary/aromatic N) is 1. The molecule has 9 heteroatoms. The number of nitrogens with one attached hydrogen (secondary N) is 2. The van der Waals surface area contributed by atoms with Gasteiger partial charge in [-0.3, -0.25) is 9.59 Å². The van der Waals surface area contributed by atoms with Gasteiger partial charge in [0.05, 0.1) is 4.90 Å². The van der Waals surface area contributed by atoms with Crippen molar-refractivity contribution in [2.24, 2.45) is 0 Å². The molecule has 0 aromatic heterocycles. The number of aryl methyl sites for hydroxylation is 1. The Bertz CT molecular complexity index is 1380. The van der Waals surface area contributed by atoms with E-state index in [2.05, 4.69) is 10.0 Å². The zero-order valence-electron chi connectivity index (χ0n) is 24.2. The maximum atomic E-state index is 13.8. The molecule has 1 atom stereocenters. The highest BCUT2D eigenvalue weighted by molar-refractivity contribution is 7.89. The Labute approximate surface area is 249 Å². The van der Waals surface area contributed by atoms with Gasteiger partial charge in [-0.1, -0.05) is 72.8 Å². The van der Waals surface area contributed by atoms with Gasteiger partial charge in [-0.2, -0.15) is 0 Å². The largest absolute Gasteiger partial charge is 0.382 e. The summed E-state index contributed by atoms with van der Waals surface area (Å²) in [5.74, 6) is -0.339. The smallest absolute Gasteiger partial charge is 0.243 e. The van der Waals surface area contributed by atoms with Gasteiger partial charge in [0.2, 0.25) is 21.8 Å². The van der Waals surface area contributed by atoms with Crippen LogP contribution in [0.5, 0.6) is 0 Å². The fourth-order valence-electron chi connectivity index (χ4n) is 4.70. The minimum atomic E-state index is -3.53. The number of carbonyl (C=O) groups excluding carboxylic acids is 2. The van der Waals surface area contributed by atoms with Crippen LogP contribution >= 0.6 is 0 Å². The summed E-state index contributed by atoms with van der Waals surface area (Å²) >= 11 is 0. The highest BCUT2D eigenvalue weighted by Crippen LogP contribution is 2.23. The molecule has 0 spiro atoms. The maximum absolute atomic E-state index is 13.8. The van der Waals surface area contributed by atoms with E-state index in [0.29, 0.717) is 45.6 Å². The molecule has 42 heavy (non-hydrogen) atoms. The van der Waals surface area contributed by atoms with E-state index >= 15 is 0 Å². The summed E-state index contributed by atoms with van der Waals surface area (Å²) in [5.41, 5.74) is 2.76. The summed E-state index contributed by atoms with van der Waals surface area (Å²) in [6, 6.07) is 25.4. The van der Waals surface area contributed by atoms with Gasteiger partial charge >= 0.3 is 0 Å². The lowest BCUT2D eigenvalue weighted by Gasteiger charge is -2.31. The van der Waals surface area contributed by atoms with E-state index in [1.807, 2.05) is 67.6 Å². The van der Waals surface area contributed by atoms with Gasteiger partial charge < -0.3 is 15.0 Å². The quantitative estimate of drug-likeness (QED) is 0.229. The molecule has 1 saturated carbocycles. The first-order chi connectivity index (χ1) is 20.4. The minimum absolute atomic E-state index is 0.0357. The molecule has 0 heterocycles. The Hall–Kier alpha value is -3.53. The molecule has 2 amide bonds. The number of carbonyl (C=O) groups is 2. The van der Waals surface area contributed by atoms with E-state index < -0.39 is 16.1 Å². The van der Waals surface area contributed by atoms with Crippen molar-refractivity contribution in [3.05, 3.63) is 102 Å². The van der Waals surface area contributed by atoms with Gasteiger partial charge in [0.15, 0.2) is 0 Å². The van der Waals surface area contributed by atoms with Crippen molar-refractivity contribution in [3.63, 3.8) is 0 Å². The monoisotopic (exact) mass is 591 g/mol. The van der Waals surface area contributed by atoms with Gasteiger partial charge in [0.25, 0.3) is 0 Å². The molecule has 4 rings (SSSR count). The molecule has 1 fully saturated rings. The molecule has 3 aromatic rings. The summed E-state index contributed by atoms with van der Waals surface area (Å²) in [6.07, 6.45) is 3.42. The van der Waals surface area contributed by atoms with Crippen LogP contribution in [0.15, 0.2) is 89.8 Å². The lowest BCUT2D eigenvalue weighted by Crippen LogP contribution is -2.50. The van der Waals surface area contributed by atoms with Crippen molar-refractivity contribution < 1.29 is 22.7 Å². The molecule has 8 nitrogen and oxygen atoms in total. The van der Waals surface area contributed by atoms with E-state index in [1.165, 1.54) is 0 Å². The molecule has 0 aliphatic heterocycles. The molecule has 224 valence electrons. The second kappa shape index (κ2) is 15.6. The van der Waals surface area contributed by atoms with Crippen molar-refractivity contribution in [3.8, 4) is 0 Å². The fourth-order valence-corrected chi connectivity index (χ4v) is 6.01. The third kappa shape index (κ3) is 9.79. The molecule has 0 saturated heterocycles. The summed E-state index contributed by atoms with van der Waals surface area (Å²) in [4.78, 5) is 29.3. The molecule has 3 aromatic carbocycles. The molecule has 0 bridgehead atoms. The average molecular weight is 592 g/mol. The van der Waals surface area contributed by atoms with Crippen LogP contribution in [0.4, 0.5) is 0 Å². The Morgan fingerprint density at radius 2 is 1.55 bits per heavy atom. The van der Waals surface area contributed by atoms with Crippen LogP contribution in [0.25, 0.3) is 0 Å². The van der Waals surface area contributed by atoms with E-state index in [-0.39, 0.29) is 29.2 Å². The van der Waals surface area contributed by atoms with E-state index in [4.69, 9.17) is 4.74 Å². The average Bonchev–Trinajstić information content (AvgIpc) is 3.82. The standard InChI is InChI=1S/C33H41N3O5S/c1-2-41-23-9-22-34-33(38)31(24-27-10-5-3-6-11-27)36(25-28-12-7-4-8-13-28)32(37)21-16-26-14-19-30(20-15-26)42(39,40)35-29-17-18-29/h3-8,10-15,19-20,29,31,35H,2,9,16-18,21-25H2,1H3,(H,34,38)/t31-/m0/s1. The van der Waals surface area contributed by atoms with Crippen LogP contribution in [-0.4, -0.2) is 57.0 Å². The van der Waals surface area contributed by atoms with Gasteiger partial charge in [0.1, 0.15) is 6.04 Å². The predicted molar refractivity (Wildman–Crippen MR) is 163 cm³/mol. The van der Waals surface area contributed by atoms with Gasteiger partial charge in [-0.15, -0.1) is 0 Å². The van der Waals surface area contributed by atoms with Gasteiger partial charge in [-0.05, 0) is 61.4 Å². The van der Waals surface area contributed by atoms with Crippen LogP contribution in [0.2, 0.25) is 0 Å². The number of ether oxygens (including phenoxy) is 1. The first-order valence-corrected chi connectivity index (χ1v) is 16.2. The van der Waals surface area contributed by atoms with E-state index in [1.54, 1.807) is 29.2 Å². The minimum Gasteiger partial charge on any atom is -0.382 e. The first-order valence-electron chi connectivity index (χ1n) is 14.7. The Morgan fingerprint density at radius 3 is 2.17 bits per heavy atom. The van der Waals surface area contributed by atoms with Gasteiger partial charge in [-0.25, -0.2) is 13.1 Å². The molecule has 1 aliphatic carbocycles. The number of benzene rings is 3. The molecule has 0 radical (unpaired) electrons. The highest BCUT2D eigenvalue weighted by atomic mass is 32.2. The lowest BCUT2D eigenvalue weighted by atomic mass is 10.0. The predicted octanol–water partition coefficient (Wildman–Crippen LogP) is 4.24. The zero-order valence-corrected chi connectivity index (χ0v) is 25.0. The van der Waals surface area contributed by atoms with Crippen molar-refractivity contribution >= 4 is 21.8 Å². The zero-order chi connectivity index (χ0) is 29.8. The second-order valence-corrected chi connectivity index (χ2v) is 12.3. The summed E-state index contributed by atoms with van der Waals surface area (Å²) in [7, 11) is -3.53. The molecule has 2 N–H and O–H groups in total. The first kappa shape index (κ1) is 31.4. The Kier molecular flexibility index (Phi) is 11.7. The number of sulfonamides is 1. The number of hydrogen-bond donors (Lipinski definition) is 2. The van der Waals surface area contributed by atoms with Crippen LogP contribution in [0.1, 0.15) is 49.3 Å². The maximum Gasteiger partial charge on any atom is 0.243 e. The van der Waals surface area contributed by atoms with Crippen LogP contribution in [0.3, 0.4) is 0 Å². The van der Waals surface area contributed by atoms with Crippen molar-refractivity contribution in [2.45, 2.75) is 69.0 Å². The van der Waals surface area contributed by atoms with Crippen molar-refractivity contribution in [2.75, 3.05) is 19.8 Å². The molecular weight excluding hydrogens is 550 g/mol. The summed E-state index contributed by atoms with van der Waals surface area (Å²) in [6.45, 7) is 3.88. The Balaban J connectivity index is 1.50. The number of amides is 2. The van der Waals surface area contributed by atoms with Crippen LogP contribution in [0, 0.1) is 0 Å².